The summed E-state index contributed by atoms with van der Waals surface area (Å²) in [6, 6.07) is 2.09. The van der Waals surface area contributed by atoms with E-state index in [0.29, 0.717) is 12.8 Å². The first-order valence-corrected chi connectivity index (χ1v) is 5.41. The van der Waals surface area contributed by atoms with E-state index in [0.717, 1.165) is 19.3 Å². The molecule has 1 saturated carbocycles. The van der Waals surface area contributed by atoms with Gasteiger partial charge in [0.25, 0.3) is 0 Å². The van der Waals surface area contributed by atoms with E-state index in [1.807, 2.05) is 0 Å². The Morgan fingerprint density at radius 3 is 2.50 bits per heavy atom. The highest BCUT2D eigenvalue weighted by Crippen LogP contribution is 2.35. The highest BCUT2D eigenvalue weighted by molar-refractivity contribution is 5.88. The molecule has 1 amide bonds. The van der Waals surface area contributed by atoms with Crippen molar-refractivity contribution in [2.45, 2.75) is 32.1 Å². The second-order valence-electron chi connectivity index (χ2n) is 4.01. The average Bonchev–Trinajstić information content (AvgIpc) is 2.36. The molecule has 5 heteroatoms. The number of nitrogens with zero attached hydrogens (tertiary/aromatic N) is 1. The summed E-state index contributed by atoms with van der Waals surface area (Å²) in [6.07, 6.45) is 4.00. The minimum absolute atomic E-state index is 0.168. The van der Waals surface area contributed by atoms with E-state index in [1.165, 1.54) is 7.11 Å². The van der Waals surface area contributed by atoms with Crippen molar-refractivity contribution in [3.05, 3.63) is 0 Å². The molecule has 1 aliphatic rings. The van der Waals surface area contributed by atoms with Crippen molar-refractivity contribution in [3.8, 4) is 6.07 Å². The van der Waals surface area contributed by atoms with Crippen molar-refractivity contribution in [2.75, 3.05) is 13.7 Å². The van der Waals surface area contributed by atoms with E-state index < -0.39 is 11.4 Å². The lowest BCUT2D eigenvalue weighted by Crippen LogP contribution is -2.43. The molecular weight excluding hydrogens is 208 g/mol. The number of nitriles is 1. The quantitative estimate of drug-likeness (QED) is 0.717. The van der Waals surface area contributed by atoms with Crippen LogP contribution < -0.4 is 5.32 Å². The Morgan fingerprint density at radius 2 is 2.00 bits per heavy atom. The number of carbonyl (C=O) groups excluding carboxylic acids is 2. The van der Waals surface area contributed by atoms with Crippen LogP contribution >= 0.6 is 0 Å². The van der Waals surface area contributed by atoms with Gasteiger partial charge in [-0.05, 0) is 12.8 Å². The Morgan fingerprint density at radius 1 is 1.38 bits per heavy atom. The number of ether oxygens (including phenoxy) is 1. The number of nitrogens with one attached hydrogen (secondary N) is 1. The number of hydrogen-bond donors (Lipinski definition) is 1. The van der Waals surface area contributed by atoms with Gasteiger partial charge in [0.15, 0.2) is 0 Å². The summed E-state index contributed by atoms with van der Waals surface area (Å²) in [5.74, 6) is -0.850. The molecule has 0 aliphatic heterocycles. The van der Waals surface area contributed by atoms with E-state index in [4.69, 9.17) is 5.26 Å². The maximum absolute atomic E-state index is 11.8. The van der Waals surface area contributed by atoms with E-state index in [-0.39, 0.29) is 12.5 Å². The molecule has 16 heavy (non-hydrogen) atoms. The summed E-state index contributed by atoms with van der Waals surface area (Å²) in [5.41, 5.74) is -0.938. The van der Waals surface area contributed by atoms with Crippen LogP contribution in [-0.4, -0.2) is 25.5 Å². The van der Waals surface area contributed by atoms with Crippen LogP contribution in [0.2, 0.25) is 0 Å². The molecule has 5 nitrogen and oxygen atoms in total. The lowest BCUT2D eigenvalue weighted by atomic mass is 9.74. The number of hydrogen-bond acceptors (Lipinski definition) is 4. The van der Waals surface area contributed by atoms with E-state index >= 15 is 0 Å². The van der Waals surface area contributed by atoms with Gasteiger partial charge < -0.3 is 10.1 Å². The number of esters is 1. The van der Waals surface area contributed by atoms with Crippen LogP contribution in [0.25, 0.3) is 0 Å². The van der Waals surface area contributed by atoms with Gasteiger partial charge in [-0.25, -0.2) is 0 Å². The fraction of sp³-hybridized carbons (Fsp3) is 0.727. The molecule has 0 aromatic carbocycles. The zero-order valence-corrected chi connectivity index (χ0v) is 9.41. The second-order valence-corrected chi connectivity index (χ2v) is 4.01. The van der Waals surface area contributed by atoms with Crippen LogP contribution in [0.5, 0.6) is 0 Å². The Kier molecular flexibility index (Phi) is 4.29. The van der Waals surface area contributed by atoms with Gasteiger partial charge in [0, 0.05) is 0 Å². The molecule has 0 aromatic heterocycles. The number of carbonyl (C=O) groups is 2. The first kappa shape index (κ1) is 12.5. The average molecular weight is 224 g/mol. The predicted molar refractivity (Wildman–Crippen MR) is 56.2 cm³/mol. The van der Waals surface area contributed by atoms with E-state index in [9.17, 15) is 9.59 Å². The molecule has 0 radical (unpaired) electrons. The summed E-state index contributed by atoms with van der Waals surface area (Å²) in [7, 11) is 1.26. The molecule has 0 heterocycles. The first-order chi connectivity index (χ1) is 7.64. The summed E-state index contributed by atoms with van der Waals surface area (Å²) < 4.78 is 4.42. The van der Waals surface area contributed by atoms with E-state index in [1.54, 1.807) is 0 Å². The van der Waals surface area contributed by atoms with Gasteiger partial charge in [-0.3, -0.25) is 9.59 Å². The number of amides is 1. The van der Waals surface area contributed by atoms with Crippen LogP contribution in [-0.2, 0) is 14.3 Å². The predicted octanol–water partition coefficient (Wildman–Crippen LogP) is 0.750. The van der Waals surface area contributed by atoms with Gasteiger partial charge in [-0.1, -0.05) is 19.3 Å². The van der Waals surface area contributed by atoms with Gasteiger partial charge >= 0.3 is 5.97 Å². The van der Waals surface area contributed by atoms with Crippen LogP contribution in [0.4, 0.5) is 0 Å². The fourth-order valence-corrected chi connectivity index (χ4v) is 1.94. The third-order valence-electron chi connectivity index (χ3n) is 2.98. The van der Waals surface area contributed by atoms with Crippen LogP contribution in [0.1, 0.15) is 32.1 Å². The van der Waals surface area contributed by atoms with Gasteiger partial charge in [0.05, 0.1) is 13.2 Å². The molecule has 0 unspecified atom stereocenters. The molecule has 1 rings (SSSR count). The Hall–Kier alpha value is -1.57. The van der Waals surface area contributed by atoms with Crippen LogP contribution in [0.15, 0.2) is 0 Å². The summed E-state index contributed by atoms with van der Waals surface area (Å²) in [4.78, 5) is 22.7. The maximum Gasteiger partial charge on any atom is 0.325 e. The minimum atomic E-state index is -0.938. The lowest BCUT2D eigenvalue weighted by molar-refractivity contribution is -0.142. The molecule has 0 saturated heterocycles. The number of rotatable bonds is 3. The minimum Gasteiger partial charge on any atom is -0.468 e. The monoisotopic (exact) mass is 224 g/mol. The fourth-order valence-electron chi connectivity index (χ4n) is 1.94. The summed E-state index contributed by atoms with van der Waals surface area (Å²) in [6.45, 7) is -0.168. The van der Waals surface area contributed by atoms with Crippen LogP contribution in [0.3, 0.4) is 0 Å². The van der Waals surface area contributed by atoms with Crippen molar-refractivity contribution in [1.82, 2.24) is 5.32 Å². The smallest absolute Gasteiger partial charge is 0.325 e. The SMILES string of the molecule is COC(=O)CNC(=O)C1(C#N)CCCCC1. The lowest BCUT2D eigenvalue weighted by Gasteiger charge is -2.28. The molecule has 88 valence electrons. The first-order valence-electron chi connectivity index (χ1n) is 5.41. The third-order valence-corrected chi connectivity index (χ3v) is 2.98. The normalized spacial score (nSPS) is 18.2. The van der Waals surface area contributed by atoms with Gasteiger partial charge in [0.2, 0.25) is 5.91 Å². The second kappa shape index (κ2) is 5.50. The molecule has 0 bridgehead atoms. The highest BCUT2D eigenvalue weighted by atomic mass is 16.5. The number of methoxy groups -OCH3 is 1. The summed E-state index contributed by atoms with van der Waals surface area (Å²) >= 11 is 0. The zero-order chi connectivity index (χ0) is 12.0. The molecular formula is C11H16N2O3. The Bertz CT molecular complexity index is 314. The Balaban J connectivity index is 2.56. The van der Waals surface area contributed by atoms with Crippen LogP contribution in [0, 0.1) is 16.7 Å². The van der Waals surface area contributed by atoms with Gasteiger partial charge in [-0.2, -0.15) is 5.26 Å². The Labute approximate surface area is 94.8 Å². The van der Waals surface area contributed by atoms with Crippen molar-refractivity contribution in [1.29, 1.82) is 5.26 Å². The molecule has 1 fully saturated rings. The maximum atomic E-state index is 11.8. The molecule has 1 N–H and O–H groups in total. The topological polar surface area (TPSA) is 79.2 Å². The van der Waals surface area contributed by atoms with Crippen molar-refractivity contribution in [3.63, 3.8) is 0 Å². The summed E-state index contributed by atoms with van der Waals surface area (Å²) in [5, 5.41) is 11.6. The van der Waals surface area contributed by atoms with Crippen molar-refractivity contribution < 1.29 is 14.3 Å². The molecule has 1 aliphatic carbocycles. The van der Waals surface area contributed by atoms with Crippen molar-refractivity contribution >= 4 is 11.9 Å². The van der Waals surface area contributed by atoms with Crippen molar-refractivity contribution in [2.24, 2.45) is 5.41 Å². The zero-order valence-electron chi connectivity index (χ0n) is 9.41. The van der Waals surface area contributed by atoms with E-state index in [2.05, 4.69) is 16.1 Å². The molecule has 0 spiro atoms. The third kappa shape index (κ3) is 2.72. The standard InChI is InChI=1S/C11H16N2O3/c1-16-9(14)7-13-10(15)11(8-12)5-3-2-4-6-11/h2-7H2,1H3,(H,13,15). The van der Waals surface area contributed by atoms with Gasteiger partial charge in [0.1, 0.15) is 12.0 Å². The highest BCUT2D eigenvalue weighted by Gasteiger charge is 2.39. The molecule has 0 aromatic rings. The molecule has 0 atom stereocenters. The van der Waals surface area contributed by atoms with Gasteiger partial charge in [-0.15, -0.1) is 0 Å². The largest absolute Gasteiger partial charge is 0.468 e.